The van der Waals surface area contributed by atoms with Crippen molar-refractivity contribution in [3.63, 3.8) is 0 Å². The lowest BCUT2D eigenvalue weighted by Crippen LogP contribution is -2.36. The number of para-hydroxylation sites is 1. The molecule has 0 unspecified atom stereocenters. The average Bonchev–Trinajstić information content (AvgIpc) is 2.87. The lowest BCUT2D eigenvalue weighted by atomic mass is 10.1. The third kappa shape index (κ3) is 5.45. The zero-order valence-electron chi connectivity index (χ0n) is 19.6. The van der Waals surface area contributed by atoms with Gasteiger partial charge in [-0.05, 0) is 37.7 Å². The molecule has 1 fully saturated rings. The van der Waals surface area contributed by atoms with Crippen LogP contribution in [0.5, 0.6) is 5.75 Å². The van der Waals surface area contributed by atoms with E-state index in [-0.39, 0.29) is 22.3 Å². The number of aromatic nitrogens is 2. The van der Waals surface area contributed by atoms with Crippen molar-refractivity contribution in [2.24, 2.45) is 0 Å². The minimum absolute atomic E-state index is 0.0361. The minimum Gasteiger partial charge on any atom is -0.494 e. The topological polar surface area (TPSA) is 118 Å². The number of hydrogen-bond acceptors (Lipinski definition) is 9. The van der Waals surface area contributed by atoms with E-state index < -0.39 is 15.8 Å². The van der Waals surface area contributed by atoms with E-state index >= 15 is 0 Å². The quantitative estimate of drug-likeness (QED) is 0.427. The SMILES string of the molecule is CNS(=O)(=O)c1ccccc1Nc1nc(Nc2cc(C)c(N3CCOCC3)cc2OC)ncc1F. The first-order chi connectivity index (χ1) is 16.8. The van der Waals surface area contributed by atoms with Gasteiger partial charge in [-0.1, -0.05) is 12.1 Å². The van der Waals surface area contributed by atoms with Crippen molar-refractivity contribution in [3.05, 3.63) is 54.0 Å². The van der Waals surface area contributed by atoms with Gasteiger partial charge in [-0.25, -0.2) is 22.5 Å². The van der Waals surface area contributed by atoms with Gasteiger partial charge in [0.25, 0.3) is 0 Å². The van der Waals surface area contributed by atoms with Crippen molar-refractivity contribution in [2.75, 3.05) is 56.0 Å². The van der Waals surface area contributed by atoms with Crippen molar-refractivity contribution >= 4 is 38.9 Å². The van der Waals surface area contributed by atoms with E-state index in [2.05, 4.69) is 30.2 Å². The van der Waals surface area contributed by atoms with Gasteiger partial charge in [0.1, 0.15) is 10.6 Å². The first kappa shape index (κ1) is 24.6. The molecular weight excluding hydrogens is 475 g/mol. The van der Waals surface area contributed by atoms with E-state index in [4.69, 9.17) is 9.47 Å². The fourth-order valence-corrected chi connectivity index (χ4v) is 4.65. The lowest BCUT2D eigenvalue weighted by Gasteiger charge is -2.30. The first-order valence-electron chi connectivity index (χ1n) is 10.9. The lowest BCUT2D eigenvalue weighted by molar-refractivity contribution is 0.122. The zero-order valence-corrected chi connectivity index (χ0v) is 20.4. The highest BCUT2D eigenvalue weighted by Gasteiger charge is 2.19. The number of hydrogen-bond donors (Lipinski definition) is 3. The van der Waals surface area contributed by atoms with Gasteiger partial charge >= 0.3 is 0 Å². The first-order valence-corrected chi connectivity index (χ1v) is 12.4. The molecule has 0 bridgehead atoms. The zero-order chi connectivity index (χ0) is 25.0. The van der Waals surface area contributed by atoms with Crippen LogP contribution >= 0.6 is 0 Å². The number of anilines is 5. The number of halogens is 1. The van der Waals surface area contributed by atoms with Gasteiger partial charge < -0.3 is 25.0 Å². The van der Waals surface area contributed by atoms with Crippen LogP contribution in [0.15, 0.2) is 47.5 Å². The number of nitrogens with zero attached hydrogens (tertiary/aromatic N) is 3. The molecule has 186 valence electrons. The predicted octanol–water partition coefficient (Wildman–Crippen LogP) is 3.16. The number of benzene rings is 2. The van der Waals surface area contributed by atoms with Crippen molar-refractivity contribution in [3.8, 4) is 5.75 Å². The van der Waals surface area contributed by atoms with Crippen molar-refractivity contribution in [1.29, 1.82) is 0 Å². The molecule has 2 aromatic carbocycles. The van der Waals surface area contributed by atoms with E-state index in [9.17, 15) is 12.8 Å². The highest BCUT2D eigenvalue weighted by Crippen LogP contribution is 2.35. The Morgan fingerprint density at radius 1 is 1.11 bits per heavy atom. The summed E-state index contributed by atoms with van der Waals surface area (Å²) in [5.41, 5.74) is 2.84. The van der Waals surface area contributed by atoms with Gasteiger partial charge in [0.15, 0.2) is 11.6 Å². The highest BCUT2D eigenvalue weighted by molar-refractivity contribution is 7.89. The molecule has 0 saturated carbocycles. The Kier molecular flexibility index (Phi) is 7.34. The van der Waals surface area contributed by atoms with Crippen molar-refractivity contribution < 1.29 is 22.3 Å². The number of aryl methyl sites for hydroxylation is 1. The monoisotopic (exact) mass is 502 g/mol. The van der Waals surface area contributed by atoms with Crippen molar-refractivity contribution in [2.45, 2.75) is 11.8 Å². The molecule has 10 nitrogen and oxygen atoms in total. The van der Waals surface area contributed by atoms with E-state index in [1.54, 1.807) is 19.2 Å². The van der Waals surface area contributed by atoms with Crippen LogP contribution in [0.25, 0.3) is 0 Å². The maximum atomic E-state index is 14.6. The summed E-state index contributed by atoms with van der Waals surface area (Å²) in [7, 11) is -0.899. The van der Waals surface area contributed by atoms with Crippen LogP contribution in [-0.4, -0.2) is 58.8 Å². The summed E-state index contributed by atoms with van der Waals surface area (Å²) in [5.74, 6) is -0.232. The second-order valence-corrected chi connectivity index (χ2v) is 9.64. The summed E-state index contributed by atoms with van der Waals surface area (Å²) in [5, 5.41) is 5.84. The standard InChI is InChI=1S/C23H27FN6O4S/c1-15-12-18(20(33-3)13-19(15)30-8-10-34-11-9-30)28-23-26-14-16(24)22(29-23)27-17-6-4-5-7-21(17)35(31,32)25-2/h4-7,12-14,25H,8-11H2,1-3H3,(H2,26,27,28,29). The minimum atomic E-state index is -3.77. The van der Waals surface area contributed by atoms with Gasteiger partial charge in [0.2, 0.25) is 16.0 Å². The van der Waals surface area contributed by atoms with Crippen LogP contribution < -0.4 is 25.0 Å². The van der Waals surface area contributed by atoms with Crippen LogP contribution in [0.2, 0.25) is 0 Å². The van der Waals surface area contributed by atoms with Crippen LogP contribution in [0.1, 0.15) is 5.56 Å². The number of nitrogens with one attached hydrogen (secondary N) is 3. The molecule has 1 saturated heterocycles. The van der Waals surface area contributed by atoms with E-state index in [0.717, 1.165) is 30.5 Å². The number of ether oxygens (including phenoxy) is 2. The summed E-state index contributed by atoms with van der Waals surface area (Å²) in [6.07, 6.45) is 1.01. The van der Waals surface area contributed by atoms with Crippen LogP contribution in [0.4, 0.5) is 33.2 Å². The summed E-state index contributed by atoms with van der Waals surface area (Å²) < 4.78 is 52.5. The molecule has 35 heavy (non-hydrogen) atoms. The average molecular weight is 503 g/mol. The molecule has 12 heteroatoms. The van der Waals surface area contributed by atoms with Gasteiger partial charge in [-0.2, -0.15) is 4.98 Å². The molecule has 0 radical (unpaired) electrons. The molecule has 0 spiro atoms. The Morgan fingerprint density at radius 3 is 2.57 bits per heavy atom. The molecule has 1 aromatic heterocycles. The molecule has 0 aliphatic carbocycles. The summed E-state index contributed by atoms with van der Waals surface area (Å²) in [6.45, 7) is 4.90. The maximum Gasteiger partial charge on any atom is 0.242 e. The normalized spacial score (nSPS) is 14.0. The smallest absolute Gasteiger partial charge is 0.242 e. The third-order valence-corrected chi connectivity index (χ3v) is 7.03. The summed E-state index contributed by atoms with van der Waals surface area (Å²) >= 11 is 0. The maximum absolute atomic E-state index is 14.6. The van der Waals surface area contributed by atoms with E-state index in [1.165, 1.54) is 19.2 Å². The molecule has 4 rings (SSSR count). The Morgan fingerprint density at radius 2 is 1.86 bits per heavy atom. The molecule has 2 heterocycles. The Balaban J connectivity index is 1.62. The molecule has 0 amide bonds. The summed E-state index contributed by atoms with van der Waals surface area (Å²) in [4.78, 5) is 10.5. The fourth-order valence-electron chi connectivity index (χ4n) is 3.77. The predicted molar refractivity (Wildman–Crippen MR) is 132 cm³/mol. The van der Waals surface area contributed by atoms with Crippen LogP contribution in [0.3, 0.4) is 0 Å². The Bertz CT molecular complexity index is 1320. The van der Waals surface area contributed by atoms with Gasteiger partial charge in [-0.15, -0.1) is 0 Å². The second kappa shape index (κ2) is 10.4. The number of sulfonamides is 1. The Labute approximate surface area is 203 Å². The second-order valence-electron chi connectivity index (χ2n) is 7.78. The number of methoxy groups -OCH3 is 1. The molecule has 1 aliphatic heterocycles. The van der Waals surface area contributed by atoms with Crippen LogP contribution in [-0.2, 0) is 14.8 Å². The van der Waals surface area contributed by atoms with Crippen molar-refractivity contribution in [1.82, 2.24) is 14.7 Å². The number of morpholine rings is 1. The molecule has 3 N–H and O–H groups in total. The van der Waals surface area contributed by atoms with Crippen LogP contribution in [0, 0.1) is 12.7 Å². The number of rotatable bonds is 8. The Hall–Kier alpha value is -3.48. The molecule has 1 aliphatic rings. The molecule has 0 atom stereocenters. The largest absolute Gasteiger partial charge is 0.494 e. The van der Waals surface area contributed by atoms with E-state index in [0.29, 0.717) is 24.7 Å². The highest BCUT2D eigenvalue weighted by atomic mass is 32.2. The molecular formula is C23H27FN6O4S. The van der Waals surface area contributed by atoms with Gasteiger partial charge in [0.05, 0.1) is 37.9 Å². The van der Waals surface area contributed by atoms with Gasteiger partial charge in [0, 0.05) is 24.8 Å². The van der Waals surface area contributed by atoms with E-state index in [1.807, 2.05) is 19.1 Å². The molecule has 3 aromatic rings. The fraction of sp³-hybridized carbons (Fsp3) is 0.304. The van der Waals surface area contributed by atoms with Gasteiger partial charge in [-0.3, -0.25) is 0 Å². The summed E-state index contributed by atoms with van der Waals surface area (Å²) in [6, 6.07) is 10.0. The third-order valence-electron chi connectivity index (χ3n) is 5.56.